The van der Waals surface area contributed by atoms with E-state index in [9.17, 15) is 9.18 Å². The molecule has 3 nitrogen and oxygen atoms in total. The van der Waals surface area contributed by atoms with E-state index in [1.165, 1.54) is 24.3 Å². The van der Waals surface area contributed by atoms with Crippen molar-refractivity contribution >= 4 is 23.3 Å². The highest BCUT2D eigenvalue weighted by Crippen LogP contribution is 2.17. The number of hydrogen-bond donors (Lipinski definition) is 1. The molecule has 0 aromatic heterocycles. The van der Waals surface area contributed by atoms with Crippen LogP contribution >= 0.6 is 11.6 Å². The molecule has 2 N–H and O–H groups in total. The van der Waals surface area contributed by atoms with Crippen molar-refractivity contribution in [2.75, 3.05) is 5.73 Å². The molecule has 0 fully saturated rings. The number of aryl methyl sites for hydroxylation is 1. The average Bonchev–Trinajstić information content (AvgIpc) is 2.40. The molecule has 2 aromatic rings. The van der Waals surface area contributed by atoms with Crippen LogP contribution < -0.4 is 5.73 Å². The van der Waals surface area contributed by atoms with Crippen molar-refractivity contribution in [3.05, 3.63) is 63.9 Å². The number of carbonyl (C=O) groups excluding carboxylic acids is 1. The highest BCUT2D eigenvalue weighted by atomic mass is 35.5. The van der Waals surface area contributed by atoms with Crippen LogP contribution in [0.2, 0.25) is 5.02 Å². The number of anilines is 1. The number of benzene rings is 2. The van der Waals surface area contributed by atoms with Gasteiger partial charge in [0.1, 0.15) is 12.4 Å². The van der Waals surface area contributed by atoms with Gasteiger partial charge in [0.15, 0.2) is 0 Å². The Morgan fingerprint density at radius 1 is 1.30 bits per heavy atom. The summed E-state index contributed by atoms with van der Waals surface area (Å²) in [6.45, 7) is 1.68. The normalized spacial score (nSPS) is 10.3. The predicted octanol–water partition coefficient (Wildman–Crippen LogP) is 3.73. The Bertz CT molecular complexity index is 658. The molecule has 0 bridgehead atoms. The molecular weight excluding hydrogens is 281 g/mol. The average molecular weight is 294 g/mol. The Hall–Kier alpha value is -2.07. The zero-order chi connectivity index (χ0) is 14.7. The molecule has 0 unspecified atom stereocenters. The zero-order valence-electron chi connectivity index (χ0n) is 10.8. The summed E-state index contributed by atoms with van der Waals surface area (Å²) < 4.78 is 18.6. The van der Waals surface area contributed by atoms with Crippen LogP contribution in [0.15, 0.2) is 36.4 Å². The van der Waals surface area contributed by atoms with Crippen molar-refractivity contribution < 1.29 is 13.9 Å². The van der Waals surface area contributed by atoms with Crippen molar-refractivity contribution in [1.82, 2.24) is 0 Å². The number of esters is 1. The molecule has 0 aliphatic rings. The molecule has 0 atom stereocenters. The maximum Gasteiger partial charge on any atom is 0.338 e. The molecule has 0 heterocycles. The third-order valence-corrected chi connectivity index (χ3v) is 3.12. The maximum atomic E-state index is 13.5. The summed E-state index contributed by atoms with van der Waals surface area (Å²) in [5, 5.41) is 0.295. The van der Waals surface area contributed by atoms with Crippen LogP contribution in [0.3, 0.4) is 0 Å². The summed E-state index contributed by atoms with van der Waals surface area (Å²) in [5.74, 6) is -1.06. The Labute approximate surface area is 121 Å². The molecule has 20 heavy (non-hydrogen) atoms. The standard InChI is InChI=1S/C15H13ClFNO2/c1-9-2-3-10(6-14(9)18)15(19)20-8-11-4-5-12(16)7-13(11)17/h2-7H,8,18H2,1H3. The number of halogens is 2. The molecule has 0 amide bonds. The second kappa shape index (κ2) is 5.92. The van der Waals surface area contributed by atoms with E-state index in [2.05, 4.69) is 0 Å². The second-order valence-corrected chi connectivity index (χ2v) is 4.82. The van der Waals surface area contributed by atoms with Crippen LogP contribution in [0.5, 0.6) is 0 Å². The second-order valence-electron chi connectivity index (χ2n) is 4.38. The predicted molar refractivity (Wildman–Crippen MR) is 76.1 cm³/mol. The van der Waals surface area contributed by atoms with Gasteiger partial charge in [-0.2, -0.15) is 0 Å². The first kappa shape index (κ1) is 14.3. The SMILES string of the molecule is Cc1ccc(C(=O)OCc2ccc(Cl)cc2F)cc1N. The van der Waals surface area contributed by atoms with Gasteiger partial charge in [-0.15, -0.1) is 0 Å². The minimum Gasteiger partial charge on any atom is -0.457 e. The van der Waals surface area contributed by atoms with Crippen LogP contribution in [0.1, 0.15) is 21.5 Å². The first-order valence-electron chi connectivity index (χ1n) is 5.94. The third kappa shape index (κ3) is 3.27. The van der Waals surface area contributed by atoms with E-state index in [0.717, 1.165) is 5.56 Å². The van der Waals surface area contributed by atoms with Crippen molar-refractivity contribution in [2.45, 2.75) is 13.5 Å². The van der Waals surface area contributed by atoms with Crippen LogP contribution in [0.25, 0.3) is 0 Å². The lowest BCUT2D eigenvalue weighted by Gasteiger charge is -2.07. The van der Waals surface area contributed by atoms with E-state index >= 15 is 0 Å². The summed E-state index contributed by atoms with van der Waals surface area (Å²) in [6.07, 6.45) is 0. The van der Waals surface area contributed by atoms with E-state index < -0.39 is 11.8 Å². The molecular formula is C15H13ClFNO2. The quantitative estimate of drug-likeness (QED) is 0.693. The van der Waals surface area contributed by atoms with Crippen molar-refractivity contribution in [3.8, 4) is 0 Å². The van der Waals surface area contributed by atoms with Gasteiger partial charge >= 0.3 is 5.97 Å². The van der Waals surface area contributed by atoms with Gasteiger partial charge in [0, 0.05) is 16.3 Å². The number of nitrogen functional groups attached to an aromatic ring is 1. The molecule has 2 rings (SSSR count). The van der Waals surface area contributed by atoms with Crippen molar-refractivity contribution in [1.29, 1.82) is 0 Å². The lowest BCUT2D eigenvalue weighted by atomic mass is 10.1. The van der Waals surface area contributed by atoms with Gasteiger partial charge in [-0.3, -0.25) is 0 Å². The fraction of sp³-hybridized carbons (Fsp3) is 0.133. The minimum atomic E-state index is -0.550. The molecule has 0 aliphatic carbocycles. The fourth-order valence-corrected chi connectivity index (χ4v) is 1.79. The van der Waals surface area contributed by atoms with Gasteiger partial charge in [0.25, 0.3) is 0 Å². The highest BCUT2D eigenvalue weighted by Gasteiger charge is 2.10. The molecule has 0 spiro atoms. The number of nitrogens with two attached hydrogens (primary N) is 1. The summed E-state index contributed by atoms with van der Waals surface area (Å²) in [6, 6.07) is 9.08. The highest BCUT2D eigenvalue weighted by molar-refractivity contribution is 6.30. The van der Waals surface area contributed by atoms with Crippen LogP contribution in [-0.4, -0.2) is 5.97 Å². The smallest absolute Gasteiger partial charge is 0.338 e. The first-order valence-corrected chi connectivity index (χ1v) is 6.32. The fourth-order valence-electron chi connectivity index (χ4n) is 1.63. The van der Waals surface area contributed by atoms with E-state index in [4.69, 9.17) is 22.1 Å². The number of hydrogen-bond acceptors (Lipinski definition) is 3. The van der Waals surface area contributed by atoms with E-state index in [1.54, 1.807) is 12.1 Å². The van der Waals surface area contributed by atoms with Crippen molar-refractivity contribution in [2.24, 2.45) is 0 Å². The molecule has 104 valence electrons. The van der Waals surface area contributed by atoms with Gasteiger partial charge in [-0.1, -0.05) is 23.7 Å². The van der Waals surface area contributed by atoms with Crippen LogP contribution in [0.4, 0.5) is 10.1 Å². The topological polar surface area (TPSA) is 52.3 Å². The molecule has 0 saturated heterocycles. The molecule has 0 aliphatic heterocycles. The number of ether oxygens (including phenoxy) is 1. The van der Waals surface area contributed by atoms with E-state index in [1.807, 2.05) is 6.92 Å². The maximum absolute atomic E-state index is 13.5. The lowest BCUT2D eigenvalue weighted by Crippen LogP contribution is -2.07. The largest absolute Gasteiger partial charge is 0.457 e. The van der Waals surface area contributed by atoms with E-state index in [0.29, 0.717) is 16.3 Å². The Kier molecular flexibility index (Phi) is 4.25. The van der Waals surface area contributed by atoms with Gasteiger partial charge in [-0.25, -0.2) is 9.18 Å². The van der Waals surface area contributed by atoms with Crippen molar-refractivity contribution in [3.63, 3.8) is 0 Å². The van der Waals surface area contributed by atoms with Gasteiger partial charge in [0.2, 0.25) is 0 Å². The minimum absolute atomic E-state index is 0.157. The summed E-state index contributed by atoms with van der Waals surface area (Å²) in [5.41, 5.74) is 7.72. The van der Waals surface area contributed by atoms with Gasteiger partial charge < -0.3 is 10.5 Å². The Balaban J connectivity index is 2.06. The summed E-state index contributed by atoms with van der Waals surface area (Å²) >= 11 is 5.65. The summed E-state index contributed by atoms with van der Waals surface area (Å²) in [4.78, 5) is 11.8. The van der Waals surface area contributed by atoms with Gasteiger partial charge in [0.05, 0.1) is 5.56 Å². The summed E-state index contributed by atoms with van der Waals surface area (Å²) in [7, 11) is 0. The zero-order valence-corrected chi connectivity index (χ0v) is 11.6. The molecule has 2 aromatic carbocycles. The molecule has 5 heteroatoms. The third-order valence-electron chi connectivity index (χ3n) is 2.89. The van der Waals surface area contributed by atoms with Crippen LogP contribution in [0, 0.1) is 12.7 Å². The first-order chi connectivity index (χ1) is 9.47. The molecule has 0 radical (unpaired) electrons. The number of carbonyl (C=O) groups is 1. The number of rotatable bonds is 3. The van der Waals surface area contributed by atoms with Gasteiger partial charge in [-0.05, 0) is 36.8 Å². The van der Waals surface area contributed by atoms with E-state index in [-0.39, 0.29) is 12.2 Å². The lowest BCUT2D eigenvalue weighted by molar-refractivity contribution is 0.0469. The Morgan fingerprint density at radius 3 is 2.70 bits per heavy atom. The molecule has 0 saturated carbocycles. The monoisotopic (exact) mass is 293 g/mol. The van der Waals surface area contributed by atoms with Crippen LogP contribution in [-0.2, 0) is 11.3 Å². The Morgan fingerprint density at radius 2 is 2.05 bits per heavy atom.